The fraction of sp³-hybridized carbons (Fsp3) is 0.273. The lowest BCUT2D eigenvalue weighted by atomic mass is 9.90. The van der Waals surface area contributed by atoms with Crippen LogP contribution in [-0.2, 0) is 0 Å². The number of nitrogens with one attached hydrogen (secondary N) is 1. The normalized spacial score (nSPS) is 22.1. The van der Waals surface area contributed by atoms with Gasteiger partial charge in [-0.1, -0.05) is 0 Å². The van der Waals surface area contributed by atoms with Gasteiger partial charge < -0.3 is 27.3 Å². The van der Waals surface area contributed by atoms with Gasteiger partial charge in [-0.05, 0) is 48.5 Å². The molecule has 1 unspecified atom stereocenters. The minimum atomic E-state index is -0.513. The van der Waals surface area contributed by atoms with E-state index in [2.05, 4.69) is 15.3 Å². The summed E-state index contributed by atoms with van der Waals surface area (Å²) in [5.41, 5.74) is 23.4. The van der Waals surface area contributed by atoms with E-state index in [1.807, 2.05) is 20.0 Å². The van der Waals surface area contributed by atoms with Crippen molar-refractivity contribution < 1.29 is 9.13 Å². The second-order valence-corrected chi connectivity index (χ2v) is 6.97. The van der Waals surface area contributed by atoms with E-state index in [4.69, 9.17) is 21.9 Å². The van der Waals surface area contributed by atoms with Crippen LogP contribution >= 0.6 is 0 Å². The number of nitrogens with zero attached hydrogens (tertiary/aromatic N) is 2. The molecule has 8 heteroatoms. The van der Waals surface area contributed by atoms with Crippen molar-refractivity contribution in [3.05, 3.63) is 70.3 Å². The van der Waals surface area contributed by atoms with Gasteiger partial charge in [-0.2, -0.15) is 0 Å². The standard InChI is InChI=1S/C22H27FN6O/c1-12-18-8-16(23)4-5-17(18)21(28-3)14(10-25)6-13(9-24)20(27-2)15-7-19(30-12)22(26)29-11-15/h4-5,7-8,10-12,27H,6,9,24-25H2,1-3H3,(H2,26,29)/b14-10?,20-13-,28-21?. The van der Waals surface area contributed by atoms with Crippen molar-refractivity contribution in [1.82, 2.24) is 10.3 Å². The molecule has 158 valence electrons. The summed E-state index contributed by atoms with van der Waals surface area (Å²) in [5, 5.41) is 3.21. The molecule has 0 radical (unpaired) electrons. The molecular weight excluding hydrogens is 383 g/mol. The Morgan fingerprint density at radius 3 is 2.77 bits per heavy atom. The number of aromatic nitrogens is 1. The average Bonchev–Trinajstić information content (AvgIpc) is 2.74. The van der Waals surface area contributed by atoms with Crippen LogP contribution in [0.25, 0.3) is 5.70 Å². The van der Waals surface area contributed by atoms with Gasteiger partial charge in [0.1, 0.15) is 11.9 Å². The Bertz CT molecular complexity index is 1040. The molecule has 30 heavy (non-hydrogen) atoms. The zero-order valence-corrected chi connectivity index (χ0v) is 17.4. The number of nitrogen functional groups attached to an aromatic ring is 1. The molecular formula is C22H27FN6O. The van der Waals surface area contributed by atoms with Crippen molar-refractivity contribution in [2.24, 2.45) is 16.5 Å². The van der Waals surface area contributed by atoms with E-state index in [-0.39, 0.29) is 18.2 Å². The lowest BCUT2D eigenvalue weighted by molar-refractivity contribution is 0.227. The second kappa shape index (κ2) is 8.96. The van der Waals surface area contributed by atoms with Crippen molar-refractivity contribution in [3.63, 3.8) is 0 Å². The van der Waals surface area contributed by atoms with E-state index in [0.717, 1.165) is 28.0 Å². The summed E-state index contributed by atoms with van der Waals surface area (Å²) in [5.74, 6) is 0.284. The molecule has 7 nitrogen and oxygen atoms in total. The molecule has 0 amide bonds. The molecule has 0 saturated heterocycles. The molecule has 2 heterocycles. The quantitative estimate of drug-likeness (QED) is 0.603. The summed E-state index contributed by atoms with van der Waals surface area (Å²) in [6.45, 7) is 2.12. The molecule has 0 fully saturated rings. The fourth-order valence-corrected chi connectivity index (χ4v) is 3.70. The SMILES string of the molecule is CN=C1C(=CN)C/C(CN)=C(/NC)c2cnc(N)c(c2)OC(C)c2cc(F)ccc21. The Hall–Kier alpha value is -3.39. The van der Waals surface area contributed by atoms with Crippen molar-refractivity contribution in [2.75, 3.05) is 26.4 Å². The van der Waals surface area contributed by atoms with E-state index < -0.39 is 6.10 Å². The van der Waals surface area contributed by atoms with Gasteiger partial charge in [-0.3, -0.25) is 4.99 Å². The number of hydrogen-bond acceptors (Lipinski definition) is 7. The smallest absolute Gasteiger partial charge is 0.166 e. The number of benzene rings is 1. The van der Waals surface area contributed by atoms with Crippen LogP contribution in [0.3, 0.4) is 0 Å². The number of pyridine rings is 1. The highest BCUT2D eigenvalue weighted by Gasteiger charge is 2.23. The van der Waals surface area contributed by atoms with Crippen LogP contribution in [0.15, 0.2) is 52.8 Å². The molecule has 2 aromatic rings. The van der Waals surface area contributed by atoms with Crippen LogP contribution in [0.2, 0.25) is 0 Å². The topological polar surface area (TPSA) is 125 Å². The summed E-state index contributed by atoms with van der Waals surface area (Å²) < 4.78 is 20.3. The predicted octanol–water partition coefficient (Wildman–Crippen LogP) is 2.50. The van der Waals surface area contributed by atoms with Crippen molar-refractivity contribution >= 4 is 17.2 Å². The molecule has 0 aliphatic carbocycles. The predicted molar refractivity (Wildman–Crippen MR) is 118 cm³/mol. The Morgan fingerprint density at radius 2 is 2.13 bits per heavy atom. The second-order valence-electron chi connectivity index (χ2n) is 6.97. The summed E-state index contributed by atoms with van der Waals surface area (Å²) in [6, 6.07) is 6.33. The molecule has 1 aromatic heterocycles. The third-order valence-corrected chi connectivity index (χ3v) is 5.16. The largest absolute Gasteiger partial charge is 0.482 e. The Balaban J connectivity index is 2.33. The lowest BCUT2D eigenvalue weighted by Crippen LogP contribution is -2.20. The van der Waals surface area contributed by atoms with Crippen LogP contribution in [0, 0.1) is 5.82 Å². The molecule has 0 saturated carbocycles. The third-order valence-electron chi connectivity index (χ3n) is 5.16. The molecule has 2 bridgehead atoms. The number of allylic oxidation sites excluding steroid dienone is 1. The number of anilines is 1. The first-order valence-corrected chi connectivity index (χ1v) is 9.63. The zero-order chi connectivity index (χ0) is 21.8. The minimum absolute atomic E-state index is 0.247. The molecule has 1 aromatic carbocycles. The van der Waals surface area contributed by atoms with E-state index in [0.29, 0.717) is 23.4 Å². The first kappa shape index (κ1) is 21.3. The molecule has 1 aliphatic rings. The van der Waals surface area contributed by atoms with Gasteiger partial charge >= 0.3 is 0 Å². The first-order valence-electron chi connectivity index (χ1n) is 9.63. The Morgan fingerprint density at radius 1 is 1.37 bits per heavy atom. The van der Waals surface area contributed by atoms with Crippen LogP contribution in [-0.4, -0.2) is 31.3 Å². The summed E-state index contributed by atoms with van der Waals surface area (Å²) in [4.78, 5) is 8.74. The van der Waals surface area contributed by atoms with Crippen molar-refractivity contribution in [3.8, 4) is 5.75 Å². The van der Waals surface area contributed by atoms with Gasteiger partial charge in [0, 0.05) is 55.6 Å². The monoisotopic (exact) mass is 410 g/mol. The van der Waals surface area contributed by atoms with Crippen molar-refractivity contribution in [2.45, 2.75) is 19.4 Å². The third kappa shape index (κ3) is 3.99. The summed E-state index contributed by atoms with van der Waals surface area (Å²) >= 11 is 0. The number of nitrogens with two attached hydrogens (primary N) is 3. The molecule has 1 atom stereocenters. The van der Waals surface area contributed by atoms with Gasteiger partial charge in [0.25, 0.3) is 0 Å². The first-order chi connectivity index (χ1) is 14.4. The number of halogens is 1. The van der Waals surface area contributed by atoms with Gasteiger partial charge in [-0.15, -0.1) is 0 Å². The van der Waals surface area contributed by atoms with Crippen LogP contribution in [0.1, 0.15) is 36.1 Å². The maximum absolute atomic E-state index is 14.1. The zero-order valence-electron chi connectivity index (χ0n) is 17.4. The molecule has 1 aliphatic heterocycles. The van der Waals surface area contributed by atoms with Crippen molar-refractivity contribution in [1.29, 1.82) is 0 Å². The van der Waals surface area contributed by atoms with Gasteiger partial charge in [0.2, 0.25) is 0 Å². The fourth-order valence-electron chi connectivity index (χ4n) is 3.70. The molecule has 7 N–H and O–H groups in total. The van der Waals surface area contributed by atoms with E-state index in [1.54, 1.807) is 19.3 Å². The number of aliphatic imine (C=N–C) groups is 1. The highest BCUT2D eigenvalue weighted by molar-refractivity contribution is 6.13. The lowest BCUT2D eigenvalue weighted by Gasteiger charge is -2.24. The van der Waals surface area contributed by atoms with Crippen LogP contribution < -0.4 is 27.3 Å². The van der Waals surface area contributed by atoms with Gasteiger partial charge in [0.05, 0.1) is 5.71 Å². The number of hydrogen-bond donors (Lipinski definition) is 4. The molecule has 3 rings (SSSR count). The number of ether oxygens (including phenoxy) is 1. The van der Waals surface area contributed by atoms with Crippen LogP contribution in [0.5, 0.6) is 5.75 Å². The van der Waals surface area contributed by atoms with Gasteiger partial charge in [-0.25, -0.2) is 9.37 Å². The van der Waals surface area contributed by atoms with Gasteiger partial charge in [0.15, 0.2) is 11.6 Å². The summed E-state index contributed by atoms with van der Waals surface area (Å²) in [7, 11) is 3.49. The highest BCUT2D eigenvalue weighted by atomic mass is 19.1. The number of fused-ring (bicyclic) bond motifs is 3. The van der Waals surface area contributed by atoms with Crippen LogP contribution in [0.4, 0.5) is 10.2 Å². The van der Waals surface area contributed by atoms with E-state index >= 15 is 0 Å². The van der Waals surface area contributed by atoms with E-state index in [1.165, 1.54) is 18.3 Å². The maximum Gasteiger partial charge on any atom is 0.166 e. The highest BCUT2D eigenvalue weighted by Crippen LogP contribution is 2.33. The summed E-state index contributed by atoms with van der Waals surface area (Å²) in [6.07, 6.45) is 3.12. The maximum atomic E-state index is 14.1. The van der Waals surface area contributed by atoms with E-state index in [9.17, 15) is 4.39 Å². The Labute approximate surface area is 175 Å². The Kier molecular flexibility index (Phi) is 6.37. The number of rotatable bonds is 2. The average molecular weight is 410 g/mol. The minimum Gasteiger partial charge on any atom is -0.482 e. The molecule has 0 spiro atoms.